The minimum Gasteiger partial charge on any atom is -0.492 e. The molecule has 0 atom stereocenters. The Morgan fingerprint density at radius 2 is 1.95 bits per heavy atom. The van der Waals surface area contributed by atoms with Crippen LogP contribution < -0.4 is 4.74 Å². The third kappa shape index (κ3) is 3.33. The molecule has 1 saturated heterocycles. The Morgan fingerprint density at radius 3 is 2.80 bits per heavy atom. The molecule has 1 aromatic rings. The van der Waals surface area contributed by atoms with Gasteiger partial charge in [-0.25, -0.2) is 0 Å². The smallest absolute Gasteiger partial charge is 0.122 e. The number of nitrogens with zero attached hydrogens (tertiary/aromatic N) is 1. The predicted molar refractivity (Wildman–Crippen MR) is 80.3 cm³/mol. The van der Waals surface area contributed by atoms with Gasteiger partial charge in [-0.1, -0.05) is 12.1 Å². The number of aryl methyl sites for hydroxylation is 1. The molecule has 1 aliphatic carbocycles. The Hall–Kier alpha value is -1.06. The SMILES string of the molecule is OC1CCN(CCOc2cccc3c2CCCC3)CC1. The molecule has 3 rings (SSSR count). The second kappa shape index (κ2) is 6.59. The highest BCUT2D eigenvalue weighted by molar-refractivity contribution is 5.41. The number of aliphatic hydroxyl groups excluding tert-OH is 1. The molecule has 110 valence electrons. The van der Waals surface area contributed by atoms with Crippen LogP contribution in [0.4, 0.5) is 0 Å². The Bertz CT molecular complexity index is 439. The zero-order valence-corrected chi connectivity index (χ0v) is 12.2. The van der Waals surface area contributed by atoms with Crippen LogP contribution in [-0.2, 0) is 12.8 Å². The lowest BCUT2D eigenvalue weighted by Crippen LogP contribution is -2.38. The lowest BCUT2D eigenvalue weighted by Gasteiger charge is -2.29. The first-order chi connectivity index (χ1) is 9.83. The Labute approximate surface area is 121 Å². The number of hydrogen-bond acceptors (Lipinski definition) is 3. The summed E-state index contributed by atoms with van der Waals surface area (Å²) in [6.07, 6.45) is 6.69. The van der Waals surface area contributed by atoms with E-state index in [9.17, 15) is 5.11 Å². The normalized spacial score (nSPS) is 20.6. The number of benzene rings is 1. The Kier molecular flexibility index (Phi) is 4.58. The monoisotopic (exact) mass is 275 g/mol. The van der Waals surface area contributed by atoms with Gasteiger partial charge in [0.1, 0.15) is 12.4 Å². The number of likely N-dealkylation sites (tertiary alicyclic amines) is 1. The topological polar surface area (TPSA) is 32.7 Å². The molecule has 0 spiro atoms. The maximum atomic E-state index is 9.50. The van der Waals surface area contributed by atoms with Gasteiger partial charge < -0.3 is 9.84 Å². The van der Waals surface area contributed by atoms with Crippen LogP contribution in [0.5, 0.6) is 5.75 Å². The molecule has 1 aromatic carbocycles. The van der Waals surface area contributed by atoms with Gasteiger partial charge >= 0.3 is 0 Å². The molecule has 3 nitrogen and oxygen atoms in total. The summed E-state index contributed by atoms with van der Waals surface area (Å²) in [5, 5.41) is 9.50. The van der Waals surface area contributed by atoms with E-state index in [1.165, 1.54) is 36.8 Å². The van der Waals surface area contributed by atoms with E-state index in [-0.39, 0.29) is 6.10 Å². The fourth-order valence-electron chi connectivity index (χ4n) is 3.31. The van der Waals surface area contributed by atoms with Crippen LogP contribution in [0.3, 0.4) is 0 Å². The predicted octanol–water partition coefficient (Wildman–Crippen LogP) is 2.40. The summed E-state index contributed by atoms with van der Waals surface area (Å²) in [5.74, 6) is 1.10. The lowest BCUT2D eigenvalue weighted by atomic mass is 9.91. The van der Waals surface area contributed by atoms with Gasteiger partial charge in [0.2, 0.25) is 0 Å². The number of piperidine rings is 1. The number of rotatable bonds is 4. The summed E-state index contributed by atoms with van der Waals surface area (Å²) in [4.78, 5) is 2.39. The van der Waals surface area contributed by atoms with Gasteiger partial charge in [-0.3, -0.25) is 4.90 Å². The summed E-state index contributed by atoms with van der Waals surface area (Å²) in [5.41, 5.74) is 2.92. The minimum absolute atomic E-state index is 0.0895. The van der Waals surface area contributed by atoms with Crippen molar-refractivity contribution in [1.29, 1.82) is 0 Å². The molecular weight excluding hydrogens is 250 g/mol. The van der Waals surface area contributed by atoms with Gasteiger partial charge in [0.25, 0.3) is 0 Å². The van der Waals surface area contributed by atoms with E-state index in [0.717, 1.165) is 44.8 Å². The molecule has 0 bridgehead atoms. The number of hydrogen-bond donors (Lipinski definition) is 1. The molecular formula is C17H25NO2. The van der Waals surface area contributed by atoms with Crippen LogP contribution >= 0.6 is 0 Å². The van der Waals surface area contributed by atoms with Gasteiger partial charge in [-0.2, -0.15) is 0 Å². The zero-order valence-electron chi connectivity index (χ0n) is 12.2. The van der Waals surface area contributed by atoms with Crippen LogP contribution in [-0.4, -0.2) is 42.4 Å². The van der Waals surface area contributed by atoms with E-state index in [1.54, 1.807) is 0 Å². The van der Waals surface area contributed by atoms with Gasteiger partial charge in [0.05, 0.1) is 6.10 Å². The molecule has 1 heterocycles. The van der Waals surface area contributed by atoms with Gasteiger partial charge in [-0.15, -0.1) is 0 Å². The summed E-state index contributed by atoms with van der Waals surface area (Å²) in [7, 11) is 0. The Morgan fingerprint density at radius 1 is 1.15 bits per heavy atom. The standard InChI is InChI=1S/C17H25NO2/c19-15-8-10-18(11-9-15)12-13-20-17-7-3-5-14-4-1-2-6-16(14)17/h3,5,7,15,19H,1-2,4,6,8-13H2. The second-order valence-electron chi connectivity index (χ2n) is 6.02. The summed E-state index contributed by atoms with van der Waals surface area (Å²) < 4.78 is 6.03. The summed E-state index contributed by atoms with van der Waals surface area (Å²) in [6, 6.07) is 6.48. The van der Waals surface area contributed by atoms with Crippen molar-refractivity contribution < 1.29 is 9.84 Å². The second-order valence-corrected chi connectivity index (χ2v) is 6.02. The van der Waals surface area contributed by atoms with Crippen molar-refractivity contribution in [1.82, 2.24) is 4.90 Å². The molecule has 0 saturated carbocycles. The Balaban J connectivity index is 1.51. The minimum atomic E-state index is -0.0895. The molecule has 0 radical (unpaired) electrons. The number of fused-ring (bicyclic) bond motifs is 1. The van der Waals surface area contributed by atoms with Crippen LogP contribution in [0.25, 0.3) is 0 Å². The lowest BCUT2D eigenvalue weighted by molar-refractivity contribution is 0.0754. The largest absolute Gasteiger partial charge is 0.492 e. The molecule has 1 aliphatic heterocycles. The molecule has 0 amide bonds. The molecule has 3 heteroatoms. The first kappa shape index (κ1) is 13.9. The van der Waals surface area contributed by atoms with Gasteiger partial charge in [0.15, 0.2) is 0 Å². The summed E-state index contributed by atoms with van der Waals surface area (Å²) in [6.45, 7) is 3.72. The third-order valence-corrected chi connectivity index (χ3v) is 4.58. The zero-order chi connectivity index (χ0) is 13.8. The first-order valence-corrected chi connectivity index (χ1v) is 7.97. The van der Waals surface area contributed by atoms with E-state index in [0.29, 0.717) is 0 Å². The quantitative estimate of drug-likeness (QED) is 0.916. The van der Waals surface area contributed by atoms with Crippen LogP contribution in [0.15, 0.2) is 18.2 Å². The average molecular weight is 275 g/mol. The van der Waals surface area contributed by atoms with Gasteiger partial charge in [-0.05, 0) is 55.7 Å². The van der Waals surface area contributed by atoms with E-state index in [1.807, 2.05) is 0 Å². The van der Waals surface area contributed by atoms with E-state index < -0.39 is 0 Å². The third-order valence-electron chi connectivity index (χ3n) is 4.58. The average Bonchev–Trinajstić information content (AvgIpc) is 2.49. The molecule has 0 aromatic heterocycles. The van der Waals surface area contributed by atoms with Crippen molar-refractivity contribution in [3.63, 3.8) is 0 Å². The fourth-order valence-corrected chi connectivity index (χ4v) is 3.31. The summed E-state index contributed by atoms with van der Waals surface area (Å²) >= 11 is 0. The molecule has 2 aliphatic rings. The molecule has 1 N–H and O–H groups in total. The number of ether oxygens (including phenoxy) is 1. The van der Waals surface area contributed by atoms with Crippen LogP contribution in [0, 0.1) is 0 Å². The van der Waals surface area contributed by atoms with Gasteiger partial charge in [0, 0.05) is 19.6 Å². The van der Waals surface area contributed by atoms with Crippen molar-refractivity contribution in [3.8, 4) is 5.75 Å². The molecule has 0 unspecified atom stereocenters. The first-order valence-electron chi connectivity index (χ1n) is 7.97. The molecule has 1 fully saturated rings. The maximum absolute atomic E-state index is 9.50. The van der Waals surface area contributed by atoms with Crippen LogP contribution in [0.1, 0.15) is 36.8 Å². The number of aliphatic hydroxyl groups is 1. The van der Waals surface area contributed by atoms with Crippen LogP contribution in [0.2, 0.25) is 0 Å². The van der Waals surface area contributed by atoms with Crippen molar-refractivity contribution in [3.05, 3.63) is 29.3 Å². The van der Waals surface area contributed by atoms with Crippen molar-refractivity contribution in [2.75, 3.05) is 26.2 Å². The van der Waals surface area contributed by atoms with E-state index in [2.05, 4.69) is 23.1 Å². The van der Waals surface area contributed by atoms with Crippen molar-refractivity contribution >= 4 is 0 Å². The molecule has 20 heavy (non-hydrogen) atoms. The van der Waals surface area contributed by atoms with Crippen molar-refractivity contribution in [2.45, 2.75) is 44.6 Å². The maximum Gasteiger partial charge on any atom is 0.122 e. The van der Waals surface area contributed by atoms with Crippen molar-refractivity contribution in [2.24, 2.45) is 0 Å². The van der Waals surface area contributed by atoms with E-state index >= 15 is 0 Å². The highest BCUT2D eigenvalue weighted by atomic mass is 16.5. The highest BCUT2D eigenvalue weighted by Crippen LogP contribution is 2.29. The van der Waals surface area contributed by atoms with E-state index in [4.69, 9.17) is 4.74 Å². The fraction of sp³-hybridized carbons (Fsp3) is 0.647. The highest BCUT2D eigenvalue weighted by Gasteiger charge is 2.17.